The van der Waals surface area contributed by atoms with Crippen LogP contribution in [-0.4, -0.2) is 15.5 Å². The second kappa shape index (κ2) is 5.85. The maximum atomic E-state index is 12.6. The monoisotopic (exact) mass is 355 g/mol. The minimum Gasteiger partial charge on any atom is -0.591 e. The lowest BCUT2D eigenvalue weighted by atomic mass is 10.1. The molecule has 0 radical (unpaired) electrons. The molecule has 19 heavy (non-hydrogen) atoms. The second-order valence-electron chi connectivity index (χ2n) is 4.87. The minimum absolute atomic E-state index is 0.249. The van der Waals surface area contributed by atoms with Crippen molar-refractivity contribution in [3.05, 3.63) is 33.8 Å². The molecule has 1 rings (SSSR count). The summed E-state index contributed by atoms with van der Waals surface area (Å²) in [7, 11) is 0. The maximum Gasteiger partial charge on any atom is 0.416 e. The van der Waals surface area contributed by atoms with Gasteiger partial charge in [-0.05, 0) is 44.5 Å². The number of benzene rings is 1. The first-order chi connectivity index (χ1) is 8.50. The lowest BCUT2D eigenvalue weighted by Gasteiger charge is -2.17. The molecular weight excluding hydrogens is 343 g/mol. The molecule has 2 nitrogen and oxygen atoms in total. The average Bonchev–Trinajstić information content (AvgIpc) is 2.22. The van der Waals surface area contributed by atoms with Crippen molar-refractivity contribution < 1.29 is 17.7 Å². The third kappa shape index (κ3) is 5.16. The number of hydrogen-bond acceptors (Lipinski definition) is 2. The first-order valence-electron chi connectivity index (χ1n) is 5.34. The van der Waals surface area contributed by atoms with Crippen molar-refractivity contribution in [1.82, 2.24) is 0 Å². The van der Waals surface area contributed by atoms with E-state index in [0.717, 1.165) is 12.1 Å². The van der Waals surface area contributed by atoms with Crippen molar-refractivity contribution in [3.8, 4) is 0 Å². The van der Waals surface area contributed by atoms with Gasteiger partial charge in [-0.2, -0.15) is 13.2 Å². The molecule has 0 bridgehead atoms. The Labute approximate surface area is 121 Å². The van der Waals surface area contributed by atoms with Gasteiger partial charge in [-0.3, -0.25) is 0 Å². The number of nitrogens with zero attached hydrogens (tertiary/aromatic N) is 1. The molecule has 7 heteroatoms. The van der Waals surface area contributed by atoms with Crippen molar-refractivity contribution in [2.75, 3.05) is 0 Å². The molecule has 1 aromatic carbocycles. The highest BCUT2D eigenvalue weighted by Crippen LogP contribution is 2.31. The average molecular weight is 356 g/mol. The van der Waals surface area contributed by atoms with Crippen LogP contribution in [0, 0.1) is 0 Å². The minimum atomic E-state index is -4.42. The summed E-state index contributed by atoms with van der Waals surface area (Å²) in [6.07, 6.45) is -3.23. The Hall–Kier alpha value is -0.530. The fourth-order valence-electron chi connectivity index (χ4n) is 1.12. The molecule has 0 heterocycles. The quantitative estimate of drug-likeness (QED) is 0.573. The van der Waals surface area contributed by atoms with Crippen LogP contribution in [0.5, 0.6) is 0 Å². The topological polar surface area (TPSA) is 35.4 Å². The summed E-state index contributed by atoms with van der Waals surface area (Å²) < 4.78 is 53.1. The van der Waals surface area contributed by atoms with E-state index in [1.54, 1.807) is 20.8 Å². The van der Waals surface area contributed by atoms with E-state index in [0.29, 0.717) is 4.47 Å². The van der Waals surface area contributed by atoms with E-state index in [-0.39, 0.29) is 5.56 Å². The fourth-order valence-corrected chi connectivity index (χ4v) is 2.16. The van der Waals surface area contributed by atoms with Gasteiger partial charge in [0.05, 0.1) is 11.8 Å². The van der Waals surface area contributed by atoms with Crippen molar-refractivity contribution in [3.63, 3.8) is 0 Å². The van der Waals surface area contributed by atoms with Crippen LogP contribution in [0.15, 0.2) is 27.1 Å². The molecule has 0 amide bonds. The van der Waals surface area contributed by atoms with Crippen LogP contribution < -0.4 is 0 Å². The van der Waals surface area contributed by atoms with Crippen LogP contribution in [0.1, 0.15) is 31.9 Å². The van der Waals surface area contributed by atoms with E-state index in [1.807, 2.05) is 0 Å². The fraction of sp³-hybridized carbons (Fsp3) is 0.417. The molecule has 106 valence electrons. The molecule has 0 spiro atoms. The molecule has 1 aromatic rings. The van der Waals surface area contributed by atoms with Crippen LogP contribution in [0.25, 0.3) is 0 Å². The predicted octanol–water partition coefficient (Wildman–Crippen LogP) is 4.35. The Morgan fingerprint density at radius 2 is 1.79 bits per heavy atom. The Balaban J connectivity index is 3.03. The Morgan fingerprint density at radius 3 is 2.26 bits per heavy atom. The van der Waals surface area contributed by atoms with Crippen LogP contribution in [-0.2, 0) is 17.5 Å². The lowest BCUT2D eigenvalue weighted by molar-refractivity contribution is -0.137. The summed E-state index contributed by atoms with van der Waals surface area (Å²) in [5, 5.41) is 0. The van der Waals surface area contributed by atoms with Gasteiger partial charge in [0.15, 0.2) is 0 Å². The van der Waals surface area contributed by atoms with Gasteiger partial charge in [0.2, 0.25) is 0 Å². The van der Waals surface area contributed by atoms with Crippen molar-refractivity contribution in [2.24, 2.45) is 4.40 Å². The summed E-state index contributed by atoms with van der Waals surface area (Å²) in [6, 6.07) is 3.44. The highest BCUT2D eigenvalue weighted by atomic mass is 79.9. The zero-order chi connectivity index (χ0) is 14.8. The molecule has 0 N–H and O–H groups in total. The SMILES string of the molecule is CC(C)(C)[S+]([O-])N=Cc1cc(Br)cc(C(F)(F)F)c1. The van der Waals surface area contributed by atoms with Gasteiger partial charge in [0.1, 0.15) is 16.1 Å². The predicted molar refractivity (Wildman–Crippen MR) is 74.6 cm³/mol. The van der Waals surface area contributed by atoms with Gasteiger partial charge in [0, 0.05) is 4.47 Å². The summed E-state index contributed by atoms with van der Waals surface area (Å²) >= 11 is 1.52. The molecule has 0 saturated heterocycles. The molecule has 0 aliphatic carbocycles. The molecule has 0 saturated carbocycles. The molecule has 0 aliphatic rings. The van der Waals surface area contributed by atoms with Gasteiger partial charge in [-0.1, -0.05) is 20.3 Å². The Bertz CT molecular complexity index is 483. The van der Waals surface area contributed by atoms with Crippen LogP contribution >= 0.6 is 15.9 Å². The second-order valence-corrected chi connectivity index (χ2v) is 7.72. The van der Waals surface area contributed by atoms with Crippen molar-refractivity contribution in [2.45, 2.75) is 31.7 Å². The van der Waals surface area contributed by atoms with Crippen LogP contribution in [0.3, 0.4) is 0 Å². The van der Waals surface area contributed by atoms with E-state index >= 15 is 0 Å². The van der Waals surface area contributed by atoms with E-state index in [9.17, 15) is 17.7 Å². The number of hydrogen-bond donors (Lipinski definition) is 0. The molecule has 0 fully saturated rings. The maximum absolute atomic E-state index is 12.6. The van der Waals surface area contributed by atoms with Gasteiger partial charge >= 0.3 is 6.18 Å². The number of alkyl halides is 3. The third-order valence-corrected chi connectivity index (χ3v) is 3.87. The van der Waals surface area contributed by atoms with Crippen molar-refractivity contribution in [1.29, 1.82) is 0 Å². The van der Waals surface area contributed by atoms with E-state index < -0.39 is 27.8 Å². The summed E-state index contributed by atoms with van der Waals surface area (Å²) in [5.74, 6) is 0. The van der Waals surface area contributed by atoms with Crippen LogP contribution in [0.4, 0.5) is 13.2 Å². The molecule has 0 aliphatic heterocycles. The normalized spacial score (nSPS) is 14.9. The summed E-state index contributed by atoms with van der Waals surface area (Å²) in [5.41, 5.74) is -0.524. The Morgan fingerprint density at radius 1 is 1.21 bits per heavy atom. The summed E-state index contributed by atoms with van der Waals surface area (Å²) in [4.78, 5) is 0. The number of rotatable bonds is 2. The first kappa shape index (κ1) is 16.5. The van der Waals surface area contributed by atoms with Gasteiger partial charge in [-0.15, -0.1) is 0 Å². The van der Waals surface area contributed by atoms with Crippen LogP contribution in [0.2, 0.25) is 0 Å². The van der Waals surface area contributed by atoms with E-state index in [1.165, 1.54) is 12.3 Å². The highest BCUT2D eigenvalue weighted by Gasteiger charge is 2.31. The van der Waals surface area contributed by atoms with E-state index in [2.05, 4.69) is 20.3 Å². The zero-order valence-corrected chi connectivity index (χ0v) is 13.0. The lowest BCUT2D eigenvalue weighted by Crippen LogP contribution is -2.25. The molecule has 0 aromatic heterocycles. The highest BCUT2D eigenvalue weighted by molar-refractivity contribution is 9.10. The van der Waals surface area contributed by atoms with Crippen molar-refractivity contribution >= 4 is 33.5 Å². The molecule has 1 atom stereocenters. The smallest absolute Gasteiger partial charge is 0.416 e. The number of halogens is 4. The standard InChI is InChI=1S/C12H13BrF3NOS/c1-11(2,3)19(18)17-7-8-4-9(12(14,15)16)6-10(13)5-8/h4-7H,1-3H3. The molecular formula is C12H13BrF3NOS. The first-order valence-corrected chi connectivity index (χ1v) is 7.24. The third-order valence-electron chi connectivity index (χ3n) is 2.07. The summed E-state index contributed by atoms with van der Waals surface area (Å²) in [6.45, 7) is 5.22. The zero-order valence-electron chi connectivity index (χ0n) is 10.6. The van der Waals surface area contributed by atoms with Gasteiger partial charge < -0.3 is 4.55 Å². The van der Waals surface area contributed by atoms with Gasteiger partial charge in [-0.25, -0.2) is 0 Å². The largest absolute Gasteiger partial charge is 0.591 e. The van der Waals surface area contributed by atoms with E-state index in [4.69, 9.17) is 0 Å². The Kier molecular flexibility index (Phi) is 5.08. The van der Waals surface area contributed by atoms with Gasteiger partial charge in [0.25, 0.3) is 0 Å². The molecule has 1 unspecified atom stereocenters.